The van der Waals surface area contributed by atoms with E-state index in [1.807, 2.05) is 45.0 Å². The minimum absolute atomic E-state index is 0.0184. The lowest BCUT2D eigenvalue weighted by Gasteiger charge is -2.23. The molecule has 40 heavy (non-hydrogen) atoms. The minimum Gasteiger partial charge on any atom is -0.507 e. The summed E-state index contributed by atoms with van der Waals surface area (Å²) < 4.78 is 17.8. The number of aliphatic hydroxyl groups excluding tert-OH is 1. The van der Waals surface area contributed by atoms with Crippen LogP contribution in [0.3, 0.4) is 0 Å². The Labute approximate surface area is 236 Å². The van der Waals surface area contributed by atoms with Gasteiger partial charge in [-0.05, 0) is 80.4 Å². The van der Waals surface area contributed by atoms with Gasteiger partial charge in [-0.1, -0.05) is 30.4 Å². The molecule has 3 aromatic carbocycles. The standard InChI is InChI=1S/C31H30N2O6S/c1-4-16-39-21-12-10-19(11-13-21)28(34)26-27(20-8-7-9-22(17-20)37-5-2)33(30(36)29(26)35)31-32-24-15-14-23(38-6-3)18-25(24)40-31/h7-15,17-18,27,34H,4-6,16H2,1-3H3/b28-26+. The van der Waals surface area contributed by atoms with E-state index in [4.69, 9.17) is 14.2 Å². The molecule has 1 unspecified atom stereocenters. The van der Waals surface area contributed by atoms with Crippen LogP contribution in [-0.4, -0.2) is 41.6 Å². The molecule has 5 rings (SSSR count). The number of fused-ring (bicyclic) bond motifs is 1. The Hall–Kier alpha value is -4.37. The number of carbonyl (C=O) groups excluding carboxylic acids is 2. The van der Waals surface area contributed by atoms with Gasteiger partial charge in [0.15, 0.2) is 5.13 Å². The minimum atomic E-state index is -0.914. The Morgan fingerprint density at radius 2 is 1.60 bits per heavy atom. The average Bonchev–Trinajstić information content (AvgIpc) is 3.50. The highest BCUT2D eigenvalue weighted by atomic mass is 32.1. The van der Waals surface area contributed by atoms with Crippen LogP contribution in [0.15, 0.2) is 72.3 Å². The Morgan fingerprint density at radius 1 is 0.900 bits per heavy atom. The quantitative estimate of drug-likeness (QED) is 0.135. The molecule has 4 aromatic rings. The predicted octanol–water partition coefficient (Wildman–Crippen LogP) is 6.51. The number of ether oxygens (including phenoxy) is 3. The van der Waals surface area contributed by atoms with Crippen molar-refractivity contribution in [2.75, 3.05) is 24.7 Å². The number of hydrogen-bond donors (Lipinski definition) is 1. The lowest BCUT2D eigenvalue weighted by molar-refractivity contribution is -0.132. The van der Waals surface area contributed by atoms with Crippen LogP contribution in [0, 0.1) is 0 Å². The van der Waals surface area contributed by atoms with Crippen LogP contribution in [0.1, 0.15) is 44.4 Å². The van der Waals surface area contributed by atoms with Crippen molar-refractivity contribution < 1.29 is 28.9 Å². The first-order valence-electron chi connectivity index (χ1n) is 13.3. The molecule has 1 aromatic heterocycles. The van der Waals surface area contributed by atoms with Crippen LogP contribution in [0.2, 0.25) is 0 Å². The maximum Gasteiger partial charge on any atom is 0.301 e. The maximum atomic E-state index is 13.6. The van der Waals surface area contributed by atoms with Crippen LogP contribution in [0.25, 0.3) is 16.0 Å². The van der Waals surface area contributed by atoms with Gasteiger partial charge in [0.1, 0.15) is 23.0 Å². The van der Waals surface area contributed by atoms with E-state index >= 15 is 0 Å². The molecule has 8 nitrogen and oxygen atoms in total. The first-order valence-corrected chi connectivity index (χ1v) is 14.1. The van der Waals surface area contributed by atoms with Crippen molar-refractivity contribution in [1.82, 2.24) is 4.98 Å². The highest BCUT2D eigenvalue weighted by Gasteiger charge is 2.48. The number of aromatic nitrogens is 1. The normalized spacial score (nSPS) is 16.5. The monoisotopic (exact) mass is 558 g/mol. The van der Waals surface area contributed by atoms with E-state index < -0.39 is 17.7 Å². The number of carbonyl (C=O) groups is 2. The third-order valence-electron chi connectivity index (χ3n) is 6.40. The molecule has 1 fully saturated rings. The zero-order chi connectivity index (χ0) is 28.2. The van der Waals surface area contributed by atoms with Crippen molar-refractivity contribution in [1.29, 1.82) is 0 Å². The van der Waals surface area contributed by atoms with E-state index in [2.05, 4.69) is 4.98 Å². The lowest BCUT2D eigenvalue weighted by atomic mass is 9.95. The van der Waals surface area contributed by atoms with Crippen LogP contribution >= 0.6 is 11.3 Å². The second kappa shape index (κ2) is 11.8. The van der Waals surface area contributed by atoms with Crippen molar-refractivity contribution in [3.05, 3.63) is 83.4 Å². The maximum absolute atomic E-state index is 13.6. The number of aliphatic hydroxyl groups is 1. The van der Waals surface area contributed by atoms with Gasteiger partial charge in [0.05, 0.1) is 41.7 Å². The summed E-state index contributed by atoms with van der Waals surface area (Å²) >= 11 is 1.28. The van der Waals surface area contributed by atoms with Crippen molar-refractivity contribution in [3.8, 4) is 17.2 Å². The van der Waals surface area contributed by atoms with Gasteiger partial charge in [-0.25, -0.2) is 4.98 Å². The molecule has 1 aliphatic heterocycles. The fourth-order valence-electron chi connectivity index (χ4n) is 4.62. The fraction of sp³-hybridized carbons (Fsp3) is 0.258. The van der Waals surface area contributed by atoms with E-state index in [1.54, 1.807) is 42.5 Å². The van der Waals surface area contributed by atoms with Gasteiger partial charge in [0, 0.05) is 5.56 Å². The third-order valence-corrected chi connectivity index (χ3v) is 7.41. The fourth-order valence-corrected chi connectivity index (χ4v) is 5.64. The smallest absolute Gasteiger partial charge is 0.301 e. The molecule has 9 heteroatoms. The van der Waals surface area contributed by atoms with Crippen molar-refractivity contribution in [2.45, 2.75) is 33.2 Å². The number of rotatable bonds is 10. The average molecular weight is 559 g/mol. The third kappa shape index (κ3) is 5.24. The second-order valence-electron chi connectivity index (χ2n) is 9.11. The molecule has 0 saturated carbocycles. The summed E-state index contributed by atoms with van der Waals surface area (Å²) in [6.07, 6.45) is 0.866. The molecule has 0 radical (unpaired) electrons. The molecular weight excluding hydrogens is 528 g/mol. The molecule has 1 atom stereocenters. The Balaban J connectivity index is 1.64. The molecule has 0 spiro atoms. The number of thiazole rings is 1. The predicted molar refractivity (Wildman–Crippen MR) is 155 cm³/mol. The van der Waals surface area contributed by atoms with E-state index in [1.165, 1.54) is 16.2 Å². The Bertz CT molecular complexity index is 1580. The summed E-state index contributed by atoms with van der Waals surface area (Å²) in [4.78, 5) is 33.2. The summed E-state index contributed by atoms with van der Waals surface area (Å²) in [6.45, 7) is 7.35. The van der Waals surface area contributed by atoms with Gasteiger partial charge < -0.3 is 19.3 Å². The molecule has 1 aliphatic rings. The number of nitrogens with zero attached hydrogens (tertiary/aromatic N) is 2. The number of Topliss-reactive ketones (excluding diaryl/α,β-unsaturated/α-hetero) is 1. The van der Waals surface area contributed by atoms with Crippen molar-refractivity contribution in [2.24, 2.45) is 0 Å². The number of anilines is 1. The van der Waals surface area contributed by atoms with Gasteiger partial charge in [0.25, 0.3) is 5.78 Å². The molecular formula is C31H30N2O6S. The van der Waals surface area contributed by atoms with Crippen molar-refractivity contribution in [3.63, 3.8) is 0 Å². The van der Waals surface area contributed by atoms with Gasteiger partial charge in [-0.15, -0.1) is 0 Å². The largest absolute Gasteiger partial charge is 0.507 e. The lowest BCUT2D eigenvalue weighted by Crippen LogP contribution is -2.29. The first-order chi connectivity index (χ1) is 19.4. The van der Waals surface area contributed by atoms with Crippen LogP contribution < -0.4 is 19.1 Å². The summed E-state index contributed by atoms with van der Waals surface area (Å²) in [5.41, 5.74) is 1.67. The summed E-state index contributed by atoms with van der Waals surface area (Å²) in [6, 6.07) is 18.6. The Morgan fingerprint density at radius 3 is 2.30 bits per heavy atom. The highest BCUT2D eigenvalue weighted by molar-refractivity contribution is 7.22. The number of amides is 1. The SMILES string of the molecule is CCCOc1ccc(/C(O)=C2\C(=O)C(=O)N(c3nc4ccc(OCC)cc4s3)C2c2cccc(OCC)c2)cc1. The van der Waals surface area contributed by atoms with E-state index in [-0.39, 0.29) is 11.3 Å². The van der Waals surface area contributed by atoms with E-state index in [0.717, 1.165) is 11.1 Å². The van der Waals surface area contributed by atoms with E-state index in [0.29, 0.717) is 58.8 Å². The summed E-state index contributed by atoms with van der Waals surface area (Å²) in [5.74, 6) is 0.119. The molecule has 0 bridgehead atoms. The molecule has 206 valence electrons. The van der Waals surface area contributed by atoms with Gasteiger partial charge >= 0.3 is 5.91 Å². The zero-order valence-corrected chi connectivity index (χ0v) is 23.4. The molecule has 1 N–H and O–H groups in total. The molecule has 2 heterocycles. The van der Waals surface area contributed by atoms with Gasteiger partial charge in [-0.3, -0.25) is 14.5 Å². The van der Waals surface area contributed by atoms with Crippen LogP contribution in [0.4, 0.5) is 5.13 Å². The Kier molecular flexibility index (Phi) is 8.02. The van der Waals surface area contributed by atoms with Gasteiger partial charge in [-0.2, -0.15) is 0 Å². The number of ketones is 1. The number of benzene rings is 3. The molecule has 0 aliphatic carbocycles. The zero-order valence-electron chi connectivity index (χ0n) is 22.5. The van der Waals surface area contributed by atoms with E-state index in [9.17, 15) is 14.7 Å². The number of hydrogen-bond acceptors (Lipinski definition) is 8. The topological polar surface area (TPSA) is 98.2 Å². The first kappa shape index (κ1) is 27.2. The van der Waals surface area contributed by atoms with Gasteiger partial charge in [0.2, 0.25) is 0 Å². The molecule has 1 amide bonds. The molecule has 1 saturated heterocycles. The summed E-state index contributed by atoms with van der Waals surface area (Å²) in [5, 5.41) is 11.8. The van der Waals surface area contributed by atoms with Crippen molar-refractivity contribution >= 4 is 44.1 Å². The second-order valence-corrected chi connectivity index (χ2v) is 10.1. The summed E-state index contributed by atoms with van der Waals surface area (Å²) in [7, 11) is 0. The highest BCUT2D eigenvalue weighted by Crippen LogP contribution is 2.45. The van der Waals surface area contributed by atoms with Crippen LogP contribution in [0.5, 0.6) is 17.2 Å². The van der Waals surface area contributed by atoms with Crippen LogP contribution in [-0.2, 0) is 9.59 Å².